The van der Waals surface area contributed by atoms with Crippen LogP contribution >= 0.6 is 0 Å². The van der Waals surface area contributed by atoms with Gasteiger partial charge < -0.3 is 24.7 Å². The molecule has 3 N–H and O–H groups in total. The maximum atomic E-state index is 11.7. The fraction of sp³-hybridized carbons (Fsp3) is 0.300. The van der Waals surface area contributed by atoms with Crippen LogP contribution in [-0.2, 0) is 29.2 Å². The van der Waals surface area contributed by atoms with Gasteiger partial charge in [0.25, 0.3) is 15.8 Å². The van der Waals surface area contributed by atoms with Gasteiger partial charge in [0, 0.05) is 38.1 Å². The van der Waals surface area contributed by atoms with Gasteiger partial charge in [-0.25, -0.2) is 0 Å². The van der Waals surface area contributed by atoms with Gasteiger partial charge in [0.1, 0.15) is 54.2 Å². The van der Waals surface area contributed by atoms with Gasteiger partial charge in [0.15, 0.2) is 0 Å². The third kappa shape index (κ3) is 8.48. The van der Waals surface area contributed by atoms with Crippen molar-refractivity contribution in [3.63, 3.8) is 0 Å². The Hall–Kier alpha value is -4.31. The Bertz CT molecular complexity index is 1280. The summed E-state index contributed by atoms with van der Waals surface area (Å²) in [7, 11) is -4.89. The van der Waals surface area contributed by atoms with Crippen molar-refractivity contribution in [3.05, 3.63) is 40.4 Å². The molecule has 2 aromatic carbocycles. The van der Waals surface area contributed by atoms with E-state index in [1.807, 2.05) is 0 Å². The Morgan fingerprint density at radius 2 is 1.50 bits per heavy atom. The molecular weight excluding hydrogens is 504 g/mol. The second-order valence-corrected chi connectivity index (χ2v) is 8.21. The van der Waals surface area contributed by atoms with E-state index in [1.165, 1.54) is 26.0 Å². The van der Waals surface area contributed by atoms with E-state index in [-0.39, 0.29) is 49.3 Å². The van der Waals surface area contributed by atoms with Crippen molar-refractivity contribution in [1.82, 2.24) is 0 Å². The summed E-state index contributed by atoms with van der Waals surface area (Å²) in [6.45, 7) is 2.14. The van der Waals surface area contributed by atoms with Gasteiger partial charge in [-0.05, 0) is 6.07 Å². The number of nitrogens with zero attached hydrogens (tertiary/aromatic N) is 3. The number of anilines is 1. The van der Waals surface area contributed by atoms with E-state index in [9.17, 15) is 32.7 Å². The molecule has 0 aliphatic rings. The van der Waals surface area contributed by atoms with Crippen molar-refractivity contribution in [2.75, 3.05) is 32.2 Å². The van der Waals surface area contributed by atoms with Gasteiger partial charge in [0.2, 0.25) is 0 Å². The molecule has 2 rings (SSSR count). The Morgan fingerprint density at radius 1 is 0.944 bits per heavy atom. The number of nitro groups is 1. The maximum Gasteiger partial charge on any atom is 0.302 e. The lowest BCUT2D eigenvalue weighted by Gasteiger charge is -2.13. The predicted octanol–water partition coefficient (Wildman–Crippen LogP) is 2.72. The number of rotatable bonds is 12. The molecule has 0 spiro atoms. The summed E-state index contributed by atoms with van der Waals surface area (Å²) in [5.41, 5.74) is 5.07. The van der Waals surface area contributed by atoms with Crippen molar-refractivity contribution < 1.29 is 46.4 Å². The zero-order valence-electron chi connectivity index (χ0n) is 19.1. The van der Waals surface area contributed by atoms with Crippen molar-refractivity contribution >= 4 is 44.8 Å². The number of ether oxygens (including phenoxy) is 4. The first-order valence-electron chi connectivity index (χ1n) is 10.0. The number of hydrogen-bond donors (Lipinski definition) is 2. The molecule has 0 aromatic heterocycles. The summed E-state index contributed by atoms with van der Waals surface area (Å²) in [5, 5.41) is 18.7. The molecule has 0 fully saturated rings. The molecule has 0 aliphatic heterocycles. The van der Waals surface area contributed by atoms with Gasteiger partial charge in [-0.3, -0.25) is 24.3 Å². The van der Waals surface area contributed by atoms with Crippen molar-refractivity contribution in [2.45, 2.75) is 18.7 Å². The van der Waals surface area contributed by atoms with Gasteiger partial charge in [0.05, 0.1) is 10.6 Å². The van der Waals surface area contributed by atoms with E-state index in [1.54, 1.807) is 0 Å². The van der Waals surface area contributed by atoms with Crippen molar-refractivity contribution in [2.24, 2.45) is 10.2 Å². The van der Waals surface area contributed by atoms with Crippen LogP contribution in [0.4, 0.5) is 22.7 Å². The second kappa shape index (κ2) is 12.4. The molecule has 0 radical (unpaired) electrons. The smallest absolute Gasteiger partial charge is 0.302 e. The standard InChI is InChI=1S/C20H22N4O11S/c1-12(25)32-5-7-34-18-11-17(19(10-15(18)21)35-8-6-33-13(2)26)23-22-16-4-3-14(24(27)28)9-20(16)36(29,30)31/h3-4,9-11H,5-8,21H2,1-2H3,(H,29,30,31). The van der Waals surface area contributed by atoms with Crippen LogP contribution in [0, 0.1) is 10.1 Å². The lowest BCUT2D eigenvalue weighted by atomic mass is 10.2. The summed E-state index contributed by atoms with van der Waals surface area (Å²) >= 11 is 0. The number of esters is 2. The first-order valence-corrected chi connectivity index (χ1v) is 11.5. The van der Waals surface area contributed by atoms with Crippen molar-refractivity contribution in [1.29, 1.82) is 0 Å². The van der Waals surface area contributed by atoms with Crippen LogP contribution in [0.2, 0.25) is 0 Å². The molecule has 2 aromatic rings. The van der Waals surface area contributed by atoms with E-state index in [0.29, 0.717) is 6.07 Å². The van der Waals surface area contributed by atoms with E-state index in [4.69, 9.17) is 24.7 Å². The lowest BCUT2D eigenvalue weighted by Crippen LogP contribution is -2.11. The lowest BCUT2D eigenvalue weighted by molar-refractivity contribution is -0.385. The third-order valence-corrected chi connectivity index (χ3v) is 4.96. The van der Waals surface area contributed by atoms with Gasteiger partial charge >= 0.3 is 11.9 Å². The highest BCUT2D eigenvalue weighted by molar-refractivity contribution is 7.86. The molecule has 15 nitrogen and oxygen atoms in total. The summed E-state index contributed by atoms with van der Waals surface area (Å²) in [6.07, 6.45) is 0. The Kier molecular flexibility index (Phi) is 9.63. The number of hydrogen-bond acceptors (Lipinski definition) is 13. The topological polar surface area (TPSA) is 219 Å². The molecule has 36 heavy (non-hydrogen) atoms. The minimum Gasteiger partial charge on any atom is -0.488 e. The van der Waals surface area contributed by atoms with Gasteiger partial charge in [-0.1, -0.05) is 0 Å². The van der Waals surface area contributed by atoms with E-state index in [2.05, 4.69) is 10.2 Å². The van der Waals surface area contributed by atoms with Gasteiger partial charge in [-0.2, -0.15) is 8.42 Å². The van der Waals surface area contributed by atoms with Crippen LogP contribution in [0.3, 0.4) is 0 Å². The monoisotopic (exact) mass is 526 g/mol. The number of benzene rings is 2. The Balaban J connectivity index is 2.42. The molecule has 0 amide bonds. The molecule has 0 atom stereocenters. The molecule has 0 unspecified atom stereocenters. The number of non-ortho nitro benzene ring substituents is 1. The zero-order valence-corrected chi connectivity index (χ0v) is 19.9. The maximum absolute atomic E-state index is 11.7. The average Bonchev–Trinajstić information content (AvgIpc) is 2.78. The molecular formula is C20H22N4O11S. The summed E-state index contributed by atoms with van der Waals surface area (Å²) in [4.78, 5) is 31.1. The van der Waals surface area contributed by atoms with Crippen LogP contribution in [0.25, 0.3) is 0 Å². The first-order chi connectivity index (χ1) is 16.9. The van der Waals surface area contributed by atoms with Gasteiger partial charge in [-0.15, -0.1) is 10.2 Å². The minimum absolute atomic E-state index is 0.0193. The van der Waals surface area contributed by atoms with Crippen LogP contribution in [0.15, 0.2) is 45.5 Å². The highest BCUT2D eigenvalue weighted by Gasteiger charge is 2.21. The molecule has 16 heteroatoms. The number of azo groups is 1. The number of nitro benzene ring substituents is 1. The quantitative estimate of drug-likeness (QED) is 0.0775. The highest BCUT2D eigenvalue weighted by Crippen LogP contribution is 2.38. The number of carbonyl (C=O) groups excluding carboxylic acids is 2. The largest absolute Gasteiger partial charge is 0.488 e. The van der Waals surface area contributed by atoms with E-state index >= 15 is 0 Å². The SMILES string of the molecule is CC(=O)OCCOc1cc(N=Nc2ccc([N+](=O)[O-])cc2S(=O)(=O)O)c(OCCOC(C)=O)cc1N. The first kappa shape index (κ1) is 27.9. The molecule has 0 aliphatic carbocycles. The molecule has 194 valence electrons. The number of carbonyl (C=O) groups is 2. The normalized spacial score (nSPS) is 11.2. The Morgan fingerprint density at radius 3 is 2.03 bits per heavy atom. The molecule has 0 bridgehead atoms. The van der Waals surface area contributed by atoms with Crippen LogP contribution in [0.1, 0.15) is 13.8 Å². The molecule has 0 saturated carbocycles. The van der Waals surface area contributed by atoms with Crippen LogP contribution < -0.4 is 15.2 Å². The zero-order chi connectivity index (χ0) is 26.9. The van der Waals surface area contributed by atoms with Crippen LogP contribution in [0.5, 0.6) is 11.5 Å². The molecule has 0 saturated heterocycles. The Labute approximate surface area is 204 Å². The fourth-order valence-electron chi connectivity index (χ4n) is 2.57. The highest BCUT2D eigenvalue weighted by atomic mass is 32.2. The summed E-state index contributed by atoms with van der Waals surface area (Å²) in [6, 6.07) is 5.22. The summed E-state index contributed by atoms with van der Waals surface area (Å²) < 4.78 is 53.5. The average molecular weight is 526 g/mol. The molecule has 0 heterocycles. The minimum atomic E-state index is -4.89. The van der Waals surface area contributed by atoms with Crippen LogP contribution in [-0.4, -0.2) is 56.3 Å². The number of nitrogens with two attached hydrogens (primary N) is 1. The summed E-state index contributed by atoms with van der Waals surface area (Å²) in [5.74, 6) is -0.881. The fourth-order valence-corrected chi connectivity index (χ4v) is 3.21. The van der Waals surface area contributed by atoms with Crippen molar-refractivity contribution in [3.8, 4) is 11.5 Å². The van der Waals surface area contributed by atoms with E-state index in [0.717, 1.165) is 12.1 Å². The third-order valence-electron chi connectivity index (χ3n) is 4.08. The predicted molar refractivity (Wildman–Crippen MR) is 122 cm³/mol. The number of nitrogen functional groups attached to an aromatic ring is 1. The second-order valence-electron chi connectivity index (χ2n) is 6.82. The van der Waals surface area contributed by atoms with E-state index < -0.39 is 43.3 Å².